The Bertz CT molecular complexity index is 512. The molecule has 1 aliphatic rings. The maximum absolute atomic E-state index is 12.2. The number of nitrogens with zero attached hydrogens (tertiary/aromatic N) is 2. The van der Waals surface area contributed by atoms with Gasteiger partial charge >= 0.3 is 5.97 Å². The molecule has 6 nitrogen and oxygen atoms in total. The Morgan fingerprint density at radius 1 is 1.43 bits per heavy atom. The van der Waals surface area contributed by atoms with Crippen molar-refractivity contribution in [3.8, 4) is 0 Å². The first-order valence-corrected chi connectivity index (χ1v) is 7.50. The van der Waals surface area contributed by atoms with Crippen LogP contribution in [0, 0.1) is 17.8 Å². The van der Waals surface area contributed by atoms with E-state index in [0.717, 1.165) is 12.1 Å². The topological polar surface area (TPSA) is 84.2 Å². The van der Waals surface area contributed by atoms with Crippen molar-refractivity contribution >= 4 is 11.9 Å². The molecule has 1 saturated carbocycles. The van der Waals surface area contributed by atoms with E-state index >= 15 is 0 Å². The van der Waals surface area contributed by atoms with Crippen molar-refractivity contribution < 1.29 is 14.7 Å². The summed E-state index contributed by atoms with van der Waals surface area (Å²) in [7, 11) is 1.85. The van der Waals surface area contributed by atoms with Gasteiger partial charge in [0.25, 0.3) is 0 Å². The van der Waals surface area contributed by atoms with Gasteiger partial charge in [-0.05, 0) is 24.8 Å². The second-order valence-corrected chi connectivity index (χ2v) is 5.82. The molecule has 2 N–H and O–H groups in total. The third kappa shape index (κ3) is 3.83. The Hall–Kier alpha value is -1.85. The summed E-state index contributed by atoms with van der Waals surface area (Å²) in [5.41, 5.74) is 0.922. The summed E-state index contributed by atoms with van der Waals surface area (Å²) < 4.78 is 1.72. The number of aromatic nitrogens is 2. The van der Waals surface area contributed by atoms with Crippen molar-refractivity contribution in [2.45, 2.75) is 32.6 Å². The van der Waals surface area contributed by atoms with E-state index in [1.54, 1.807) is 4.68 Å². The molecule has 1 aromatic heterocycles. The Labute approximate surface area is 124 Å². The van der Waals surface area contributed by atoms with Gasteiger partial charge in [-0.3, -0.25) is 14.3 Å². The van der Waals surface area contributed by atoms with Crippen LogP contribution in [0.3, 0.4) is 0 Å². The van der Waals surface area contributed by atoms with Gasteiger partial charge in [-0.1, -0.05) is 13.3 Å². The van der Waals surface area contributed by atoms with Gasteiger partial charge in [-0.15, -0.1) is 0 Å². The van der Waals surface area contributed by atoms with Gasteiger partial charge in [-0.2, -0.15) is 5.10 Å². The molecule has 0 spiro atoms. The molecule has 0 saturated heterocycles. The average molecular weight is 293 g/mol. The maximum atomic E-state index is 12.2. The monoisotopic (exact) mass is 293 g/mol. The predicted molar refractivity (Wildman–Crippen MR) is 77.6 cm³/mol. The third-order valence-electron chi connectivity index (χ3n) is 4.34. The SMILES string of the molecule is CCC1CC(C(=O)O)C(C(=O)NCCc2ccn(C)n2)C1. The van der Waals surface area contributed by atoms with E-state index in [2.05, 4.69) is 10.4 Å². The first-order chi connectivity index (χ1) is 10.0. The highest BCUT2D eigenvalue weighted by Crippen LogP contribution is 2.38. The summed E-state index contributed by atoms with van der Waals surface area (Å²) in [6.07, 6.45) is 4.75. The van der Waals surface area contributed by atoms with Gasteiger partial charge in [0.1, 0.15) is 0 Å². The smallest absolute Gasteiger partial charge is 0.307 e. The molecular weight excluding hydrogens is 270 g/mol. The van der Waals surface area contributed by atoms with Crippen LogP contribution in [0.5, 0.6) is 0 Å². The molecule has 3 atom stereocenters. The molecule has 0 aliphatic heterocycles. The summed E-state index contributed by atoms with van der Waals surface area (Å²) in [6, 6.07) is 1.91. The number of rotatable bonds is 6. The van der Waals surface area contributed by atoms with E-state index < -0.39 is 17.8 Å². The van der Waals surface area contributed by atoms with Crippen LogP contribution in [0.25, 0.3) is 0 Å². The van der Waals surface area contributed by atoms with Crippen LogP contribution in [0.4, 0.5) is 0 Å². The molecule has 1 fully saturated rings. The van der Waals surface area contributed by atoms with E-state index in [-0.39, 0.29) is 5.91 Å². The fourth-order valence-corrected chi connectivity index (χ4v) is 3.08. The molecule has 2 rings (SSSR count). The number of aliphatic carboxylic acids is 1. The number of carbonyl (C=O) groups is 2. The van der Waals surface area contributed by atoms with Crippen molar-refractivity contribution in [1.29, 1.82) is 0 Å². The number of carboxylic acids is 1. The number of hydrogen-bond acceptors (Lipinski definition) is 3. The Morgan fingerprint density at radius 3 is 2.71 bits per heavy atom. The van der Waals surface area contributed by atoms with Gasteiger partial charge < -0.3 is 10.4 Å². The molecule has 116 valence electrons. The van der Waals surface area contributed by atoms with Crippen molar-refractivity contribution in [1.82, 2.24) is 15.1 Å². The zero-order valence-corrected chi connectivity index (χ0v) is 12.6. The second-order valence-electron chi connectivity index (χ2n) is 5.82. The highest BCUT2D eigenvalue weighted by Gasteiger charge is 2.41. The molecule has 3 unspecified atom stereocenters. The number of carbonyl (C=O) groups excluding carboxylic acids is 1. The Balaban J connectivity index is 1.85. The molecule has 0 aromatic carbocycles. The van der Waals surface area contributed by atoms with E-state index in [0.29, 0.717) is 31.7 Å². The summed E-state index contributed by atoms with van der Waals surface area (Å²) in [6.45, 7) is 2.54. The lowest BCUT2D eigenvalue weighted by atomic mass is 9.95. The van der Waals surface area contributed by atoms with E-state index in [1.165, 1.54) is 0 Å². The van der Waals surface area contributed by atoms with Gasteiger partial charge in [-0.25, -0.2) is 0 Å². The lowest BCUT2D eigenvalue weighted by Gasteiger charge is -2.15. The summed E-state index contributed by atoms with van der Waals surface area (Å²) in [5, 5.41) is 16.4. The number of amides is 1. The first-order valence-electron chi connectivity index (χ1n) is 7.50. The maximum Gasteiger partial charge on any atom is 0.307 e. The van der Waals surface area contributed by atoms with Gasteiger partial charge in [0.2, 0.25) is 5.91 Å². The van der Waals surface area contributed by atoms with Crippen LogP contribution in [0.2, 0.25) is 0 Å². The average Bonchev–Trinajstić information content (AvgIpc) is 3.04. The van der Waals surface area contributed by atoms with E-state index in [9.17, 15) is 14.7 Å². The fourth-order valence-electron chi connectivity index (χ4n) is 3.08. The summed E-state index contributed by atoms with van der Waals surface area (Å²) in [4.78, 5) is 23.5. The minimum Gasteiger partial charge on any atom is -0.481 e. The van der Waals surface area contributed by atoms with Crippen LogP contribution < -0.4 is 5.32 Å². The predicted octanol–water partition coefficient (Wildman–Crippen LogP) is 1.22. The number of aryl methyl sites for hydroxylation is 1. The highest BCUT2D eigenvalue weighted by molar-refractivity contribution is 5.85. The molecule has 6 heteroatoms. The molecule has 21 heavy (non-hydrogen) atoms. The number of nitrogens with one attached hydrogen (secondary N) is 1. The largest absolute Gasteiger partial charge is 0.481 e. The lowest BCUT2D eigenvalue weighted by Crippen LogP contribution is -2.36. The van der Waals surface area contributed by atoms with E-state index in [1.807, 2.05) is 26.2 Å². The molecular formula is C15H23N3O3. The van der Waals surface area contributed by atoms with Crippen molar-refractivity contribution in [3.05, 3.63) is 18.0 Å². The zero-order chi connectivity index (χ0) is 15.4. The first kappa shape index (κ1) is 15.5. The number of hydrogen-bond donors (Lipinski definition) is 2. The Kier molecular flexibility index (Phi) is 4.98. The van der Waals surface area contributed by atoms with Gasteiger partial charge in [0, 0.05) is 26.2 Å². The minimum atomic E-state index is -0.851. The highest BCUT2D eigenvalue weighted by atomic mass is 16.4. The van der Waals surface area contributed by atoms with Crippen LogP contribution in [0.1, 0.15) is 31.9 Å². The zero-order valence-electron chi connectivity index (χ0n) is 12.6. The van der Waals surface area contributed by atoms with Crippen LogP contribution in [0.15, 0.2) is 12.3 Å². The van der Waals surface area contributed by atoms with Crippen molar-refractivity contribution in [2.24, 2.45) is 24.8 Å². The summed E-state index contributed by atoms with van der Waals surface area (Å²) >= 11 is 0. The van der Waals surface area contributed by atoms with E-state index in [4.69, 9.17) is 0 Å². The summed E-state index contributed by atoms with van der Waals surface area (Å²) in [5.74, 6) is -1.57. The third-order valence-corrected chi connectivity index (χ3v) is 4.34. The molecule has 0 bridgehead atoms. The minimum absolute atomic E-state index is 0.130. The quantitative estimate of drug-likeness (QED) is 0.826. The molecule has 1 heterocycles. The van der Waals surface area contributed by atoms with Gasteiger partial charge in [0.15, 0.2) is 0 Å². The fraction of sp³-hybridized carbons (Fsp3) is 0.667. The molecule has 1 aliphatic carbocycles. The van der Waals surface area contributed by atoms with Gasteiger partial charge in [0.05, 0.1) is 17.5 Å². The molecule has 0 radical (unpaired) electrons. The van der Waals surface area contributed by atoms with Crippen molar-refractivity contribution in [3.63, 3.8) is 0 Å². The molecule has 1 amide bonds. The second kappa shape index (κ2) is 6.74. The van der Waals surface area contributed by atoms with Crippen LogP contribution in [-0.4, -0.2) is 33.3 Å². The standard InChI is InChI=1S/C15H23N3O3/c1-3-10-8-12(13(9-10)15(20)21)14(19)16-6-4-11-5-7-18(2)17-11/h5,7,10,12-13H,3-4,6,8-9H2,1-2H3,(H,16,19)(H,20,21). The van der Waals surface area contributed by atoms with Crippen LogP contribution >= 0.6 is 0 Å². The van der Waals surface area contributed by atoms with Crippen molar-refractivity contribution in [2.75, 3.05) is 6.54 Å². The Morgan fingerprint density at radius 2 is 2.14 bits per heavy atom. The lowest BCUT2D eigenvalue weighted by molar-refractivity contribution is -0.146. The number of carboxylic acid groups (broad SMARTS) is 1. The normalized spacial score (nSPS) is 25.0. The molecule has 1 aromatic rings. The van der Waals surface area contributed by atoms with Crippen LogP contribution in [-0.2, 0) is 23.1 Å².